The highest BCUT2D eigenvalue weighted by Gasteiger charge is 2.35. The Balaban J connectivity index is 1.46. The second-order valence-corrected chi connectivity index (χ2v) is 10.9. The summed E-state index contributed by atoms with van der Waals surface area (Å²) >= 11 is 1.23. The number of sulfonamides is 1. The highest BCUT2D eigenvalue weighted by Crippen LogP contribution is 2.27. The lowest BCUT2D eigenvalue weighted by Crippen LogP contribution is -2.53. The SMILES string of the molecule is CCN(CC)C(=O)CN1CCN(C(=O)C2CCN(S(=O)(=O)c3cccs3)CC2)CC1. The first kappa shape index (κ1) is 23.2. The van der Waals surface area contributed by atoms with Crippen LogP contribution in [0.3, 0.4) is 0 Å². The Morgan fingerprint density at radius 3 is 2.23 bits per heavy atom. The van der Waals surface area contributed by atoms with Gasteiger partial charge in [0, 0.05) is 58.3 Å². The standard InChI is InChI=1S/C20H32N4O4S2/c1-3-22(4-2)18(25)16-21-11-13-23(14-12-21)20(26)17-7-9-24(10-8-17)30(27,28)19-6-5-15-29-19/h5-6,15,17H,3-4,7-14,16H2,1-2H3. The quantitative estimate of drug-likeness (QED) is 0.615. The van der Waals surface area contributed by atoms with Gasteiger partial charge in [-0.15, -0.1) is 11.3 Å². The van der Waals surface area contributed by atoms with E-state index in [1.807, 2.05) is 23.6 Å². The molecule has 0 radical (unpaired) electrons. The van der Waals surface area contributed by atoms with Gasteiger partial charge in [0.1, 0.15) is 4.21 Å². The summed E-state index contributed by atoms with van der Waals surface area (Å²) in [4.78, 5) is 31.0. The fourth-order valence-corrected chi connectivity index (χ4v) is 6.75. The van der Waals surface area contributed by atoms with Crippen molar-refractivity contribution in [1.82, 2.24) is 19.0 Å². The molecule has 2 aliphatic heterocycles. The fourth-order valence-electron chi connectivity index (χ4n) is 4.13. The van der Waals surface area contributed by atoms with Gasteiger partial charge in [0.15, 0.2) is 0 Å². The molecule has 1 aromatic rings. The summed E-state index contributed by atoms with van der Waals surface area (Å²) in [6.07, 6.45) is 1.12. The summed E-state index contributed by atoms with van der Waals surface area (Å²) in [6.45, 7) is 9.21. The van der Waals surface area contributed by atoms with Crippen molar-refractivity contribution in [2.24, 2.45) is 5.92 Å². The van der Waals surface area contributed by atoms with Crippen LogP contribution in [0.4, 0.5) is 0 Å². The van der Waals surface area contributed by atoms with Gasteiger partial charge in [0.25, 0.3) is 10.0 Å². The van der Waals surface area contributed by atoms with Crippen LogP contribution in [0.15, 0.2) is 21.7 Å². The molecule has 0 aliphatic carbocycles. The lowest BCUT2D eigenvalue weighted by Gasteiger charge is -2.38. The third kappa shape index (κ3) is 5.22. The number of thiophene rings is 1. The van der Waals surface area contributed by atoms with Gasteiger partial charge in [-0.2, -0.15) is 4.31 Å². The first-order valence-electron chi connectivity index (χ1n) is 10.7. The Bertz CT molecular complexity index is 808. The maximum atomic E-state index is 12.9. The molecule has 0 bridgehead atoms. The van der Waals surface area contributed by atoms with Crippen LogP contribution in [0.25, 0.3) is 0 Å². The number of rotatable bonds is 7. The molecule has 0 atom stereocenters. The van der Waals surface area contributed by atoms with Gasteiger partial charge in [-0.3, -0.25) is 14.5 Å². The lowest BCUT2D eigenvalue weighted by molar-refractivity contribution is -0.139. The predicted octanol–water partition coefficient (Wildman–Crippen LogP) is 1.16. The van der Waals surface area contributed by atoms with E-state index in [9.17, 15) is 18.0 Å². The minimum absolute atomic E-state index is 0.122. The average Bonchev–Trinajstić information content (AvgIpc) is 3.31. The van der Waals surface area contributed by atoms with E-state index >= 15 is 0 Å². The molecule has 0 N–H and O–H groups in total. The number of nitrogens with zero attached hydrogens (tertiary/aromatic N) is 4. The number of piperidine rings is 1. The third-order valence-corrected chi connectivity index (χ3v) is 9.32. The van der Waals surface area contributed by atoms with E-state index in [1.165, 1.54) is 15.6 Å². The van der Waals surface area contributed by atoms with Crippen LogP contribution in [0.2, 0.25) is 0 Å². The molecule has 0 saturated carbocycles. The Hall–Kier alpha value is -1.49. The predicted molar refractivity (Wildman–Crippen MR) is 117 cm³/mol. The zero-order chi connectivity index (χ0) is 21.7. The Kier molecular flexibility index (Phi) is 7.89. The van der Waals surface area contributed by atoms with Gasteiger partial charge in [-0.1, -0.05) is 6.07 Å². The van der Waals surface area contributed by atoms with Crippen molar-refractivity contribution in [3.8, 4) is 0 Å². The van der Waals surface area contributed by atoms with Crippen molar-refractivity contribution in [3.63, 3.8) is 0 Å². The average molecular weight is 457 g/mol. The fraction of sp³-hybridized carbons (Fsp3) is 0.700. The second kappa shape index (κ2) is 10.2. The molecule has 2 saturated heterocycles. The summed E-state index contributed by atoms with van der Waals surface area (Å²) in [7, 11) is -3.44. The van der Waals surface area contributed by atoms with Crippen LogP contribution < -0.4 is 0 Å². The molecule has 0 aromatic carbocycles. The van der Waals surface area contributed by atoms with Gasteiger partial charge in [0.2, 0.25) is 11.8 Å². The summed E-state index contributed by atoms with van der Waals surface area (Å²) in [5.74, 6) is 0.139. The zero-order valence-corrected chi connectivity index (χ0v) is 19.5. The number of carbonyl (C=O) groups is 2. The molecule has 2 amide bonds. The van der Waals surface area contributed by atoms with E-state index in [0.717, 1.165) is 0 Å². The number of carbonyl (C=O) groups excluding carboxylic acids is 2. The molecule has 2 aliphatic rings. The molecular formula is C20H32N4O4S2. The van der Waals surface area contributed by atoms with Gasteiger partial charge in [0.05, 0.1) is 6.54 Å². The highest BCUT2D eigenvalue weighted by molar-refractivity contribution is 7.91. The normalized spacial score (nSPS) is 19.7. The van der Waals surface area contributed by atoms with Crippen molar-refractivity contribution in [2.45, 2.75) is 30.9 Å². The zero-order valence-electron chi connectivity index (χ0n) is 17.8. The van der Waals surface area contributed by atoms with Gasteiger partial charge in [-0.05, 0) is 38.1 Å². The molecule has 0 spiro atoms. The number of likely N-dealkylation sites (N-methyl/N-ethyl adjacent to an activating group) is 1. The minimum Gasteiger partial charge on any atom is -0.342 e. The van der Waals surface area contributed by atoms with Crippen molar-refractivity contribution in [1.29, 1.82) is 0 Å². The van der Waals surface area contributed by atoms with Crippen LogP contribution >= 0.6 is 11.3 Å². The monoisotopic (exact) mass is 456 g/mol. The first-order chi connectivity index (χ1) is 14.4. The maximum Gasteiger partial charge on any atom is 0.252 e. The van der Waals surface area contributed by atoms with E-state index in [4.69, 9.17) is 0 Å². The van der Waals surface area contributed by atoms with Crippen molar-refractivity contribution in [3.05, 3.63) is 17.5 Å². The van der Waals surface area contributed by atoms with Crippen molar-refractivity contribution < 1.29 is 18.0 Å². The van der Waals surface area contributed by atoms with E-state index in [0.29, 0.717) is 76.0 Å². The lowest BCUT2D eigenvalue weighted by atomic mass is 9.96. The molecule has 168 valence electrons. The van der Waals surface area contributed by atoms with Crippen LogP contribution in [0, 0.1) is 5.92 Å². The Morgan fingerprint density at radius 2 is 1.70 bits per heavy atom. The topological polar surface area (TPSA) is 81.2 Å². The van der Waals surface area contributed by atoms with Gasteiger partial charge in [-0.25, -0.2) is 8.42 Å². The molecule has 8 nitrogen and oxygen atoms in total. The van der Waals surface area contributed by atoms with Crippen LogP contribution in [-0.2, 0) is 19.6 Å². The summed E-state index contributed by atoms with van der Waals surface area (Å²) in [6, 6.07) is 3.37. The van der Waals surface area contributed by atoms with E-state index in [1.54, 1.807) is 17.5 Å². The van der Waals surface area contributed by atoms with Gasteiger partial charge >= 0.3 is 0 Å². The first-order valence-corrected chi connectivity index (χ1v) is 13.0. The number of piperazine rings is 1. The summed E-state index contributed by atoms with van der Waals surface area (Å²) in [5, 5.41) is 1.76. The Morgan fingerprint density at radius 1 is 1.07 bits per heavy atom. The number of hydrogen-bond donors (Lipinski definition) is 0. The minimum atomic E-state index is -3.44. The number of hydrogen-bond acceptors (Lipinski definition) is 6. The second-order valence-electron chi connectivity index (χ2n) is 7.78. The van der Waals surface area contributed by atoms with Crippen molar-refractivity contribution in [2.75, 3.05) is 58.9 Å². The summed E-state index contributed by atoms with van der Waals surface area (Å²) < 4.78 is 27.2. The van der Waals surface area contributed by atoms with Crippen molar-refractivity contribution >= 4 is 33.2 Å². The molecule has 0 unspecified atom stereocenters. The molecular weight excluding hydrogens is 424 g/mol. The molecule has 2 fully saturated rings. The Labute approximate surface area is 183 Å². The molecule has 1 aromatic heterocycles. The maximum absolute atomic E-state index is 12.9. The van der Waals surface area contributed by atoms with Crippen LogP contribution in [0.1, 0.15) is 26.7 Å². The van der Waals surface area contributed by atoms with E-state index in [2.05, 4.69) is 4.90 Å². The largest absolute Gasteiger partial charge is 0.342 e. The van der Waals surface area contributed by atoms with Crippen LogP contribution in [0.5, 0.6) is 0 Å². The molecule has 10 heteroatoms. The van der Waals surface area contributed by atoms with Gasteiger partial charge < -0.3 is 9.80 Å². The van der Waals surface area contributed by atoms with Crippen LogP contribution in [-0.4, -0.2) is 98.1 Å². The summed E-state index contributed by atoms with van der Waals surface area (Å²) in [5.41, 5.74) is 0. The smallest absolute Gasteiger partial charge is 0.252 e. The van der Waals surface area contributed by atoms with E-state index in [-0.39, 0.29) is 17.7 Å². The molecule has 30 heavy (non-hydrogen) atoms. The third-order valence-electron chi connectivity index (χ3n) is 6.05. The number of amides is 2. The molecule has 3 rings (SSSR count). The molecule has 3 heterocycles. The highest BCUT2D eigenvalue weighted by atomic mass is 32.2. The van der Waals surface area contributed by atoms with E-state index < -0.39 is 10.0 Å².